The van der Waals surface area contributed by atoms with E-state index in [1.165, 1.54) is 0 Å². The van der Waals surface area contributed by atoms with Crippen LogP contribution in [-0.2, 0) is 4.79 Å². The highest BCUT2D eigenvalue weighted by Crippen LogP contribution is 1.91. The van der Waals surface area contributed by atoms with Crippen molar-refractivity contribution in [2.24, 2.45) is 0 Å². The van der Waals surface area contributed by atoms with E-state index in [1.54, 1.807) is 0 Å². The van der Waals surface area contributed by atoms with Crippen molar-refractivity contribution in [3.05, 3.63) is 6.42 Å². The monoisotopic (exact) mass is 84.0 g/mol. The Labute approximate surface area is 36.5 Å². The summed E-state index contributed by atoms with van der Waals surface area (Å²) in [6, 6.07) is 0. The second kappa shape index (κ2) is 1.29. The van der Waals surface area contributed by atoms with Crippen molar-refractivity contribution in [3.63, 3.8) is 0 Å². The lowest BCUT2D eigenvalue weighted by molar-refractivity contribution is -0.118. The van der Waals surface area contributed by atoms with Crippen LogP contribution >= 0.6 is 0 Å². The van der Waals surface area contributed by atoms with Gasteiger partial charge in [0.1, 0.15) is 0 Å². The number of carbonyl (C=O) groups is 1. The molecule has 0 saturated carbocycles. The number of amides is 1. The molecular formula is C4H6NO. The van der Waals surface area contributed by atoms with E-state index < -0.39 is 0 Å². The molecule has 1 saturated heterocycles. The molecule has 0 bridgehead atoms. The molecule has 2 heteroatoms. The summed E-state index contributed by atoms with van der Waals surface area (Å²) in [6.07, 6.45) is 2.53. The van der Waals surface area contributed by atoms with E-state index in [9.17, 15) is 4.79 Å². The van der Waals surface area contributed by atoms with E-state index >= 15 is 0 Å². The Morgan fingerprint density at radius 3 is 2.83 bits per heavy atom. The third-order valence-electron chi connectivity index (χ3n) is 0.773. The number of rotatable bonds is 0. The molecule has 1 rings (SSSR count). The van der Waals surface area contributed by atoms with Crippen LogP contribution < -0.4 is 5.32 Å². The highest BCUT2D eigenvalue weighted by molar-refractivity contribution is 5.79. The molecule has 1 radical (unpaired) electrons. The molecule has 1 amide bonds. The molecule has 0 aromatic carbocycles. The maximum atomic E-state index is 10.1. The Morgan fingerprint density at radius 1 is 1.83 bits per heavy atom. The summed E-state index contributed by atoms with van der Waals surface area (Å²) in [5, 5.41) is 2.62. The fraction of sp³-hybridized carbons (Fsp3) is 0.500. The van der Waals surface area contributed by atoms with Crippen molar-refractivity contribution in [2.45, 2.75) is 6.42 Å². The van der Waals surface area contributed by atoms with Gasteiger partial charge in [0.25, 0.3) is 0 Å². The summed E-state index contributed by atoms with van der Waals surface area (Å²) in [5.74, 6) is 0.148. The molecule has 1 fully saturated rings. The molecule has 6 heavy (non-hydrogen) atoms. The van der Waals surface area contributed by atoms with Crippen LogP contribution in [0, 0.1) is 6.42 Å². The second-order valence-corrected chi connectivity index (χ2v) is 1.30. The van der Waals surface area contributed by atoms with Crippen LogP contribution in [0.5, 0.6) is 0 Å². The fourth-order valence-corrected chi connectivity index (χ4v) is 0.461. The zero-order valence-corrected chi connectivity index (χ0v) is 3.40. The van der Waals surface area contributed by atoms with Crippen molar-refractivity contribution in [3.8, 4) is 0 Å². The van der Waals surface area contributed by atoms with E-state index in [-0.39, 0.29) is 5.91 Å². The Morgan fingerprint density at radius 2 is 2.67 bits per heavy atom. The lowest BCUT2D eigenvalue weighted by Gasteiger charge is -1.79. The van der Waals surface area contributed by atoms with Gasteiger partial charge < -0.3 is 5.32 Å². The molecule has 1 heterocycles. The Bertz CT molecular complexity index is 61.9. The van der Waals surface area contributed by atoms with Crippen LogP contribution in [-0.4, -0.2) is 12.5 Å². The van der Waals surface area contributed by atoms with Gasteiger partial charge >= 0.3 is 0 Å². The topological polar surface area (TPSA) is 29.1 Å². The predicted octanol–water partition coefficient (Wildman–Crippen LogP) is -0.289. The molecule has 1 aliphatic heterocycles. The summed E-state index contributed by atoms with van der Waals surface area (Å²) < 4.78 is 0. The third kappa shape index (κ3) is 0.506. The Balaban J connectivity index is 2.37. The molecule has 0 aromatic heterocycles. The average molecular weight is 84.1 g/mol. The lowest BCUT2D eigenvalue weighted by Crippen LogP contribution is -2.12. The quantitative estimate of drug-likeness (QED) is 0.429. The number of carbonyl (C=O) groups excluding carboxylic acids is 1. The molecular weight excluding hydrogens is 78.0 g/mol. The van der Waals surface area contributed by atoms with Gasteiger partial charge in [0.15, 0.2) is 0 Å². The maximum Gasteiger partial charge on any atom is 0.220 e. The van der Waals surface area contributed by atoms with Crippen LogP contribution in [0.1, 0.15) is 6.42 Å². The molecule has 0 aromatic rings. The molecule has 0 unspecified atom stereocenters. The van der Waals surface area contributed by atoms with Crippen LogP contribution in [0.2, 0.25) is 0 Å². The van der Waals surface area contributed by atoms with Gasteiger partial charge in [-0.3, -0.25) is 4.79 Å². The molecule has 2 nitrogen and oxygen atoms in total. The molecule has 1 N–H and O–H groups in total. The molecule has 0 aliphatic carbocycles. The van der Waals surface area contributed by atoms with E-state index in [2.05, 4.69) is 5.32 Å². The largest absolute Gasteiger partial charge is 0.356 e. The van der Waals surface area contributed by atoms with Crippen molar-refractivity contribution in [2.75, 3.05) is 6.54 Å². The van der Waals surface area contributed by atoms with Gasteiger partial charge in [-0.2, -0.15) is 0 Å². The fourth-order valence-electron chi connectivity index (χ4n) is 0.461. The highest BCUT2D eigenvalue weighted by Gasteiger charge is 2.05. The minimum absolute atomic E-state index is 0.148. The van der Waals surface area contributed by atoms with E-state index in [4.69, 9.17) is 0 Å². The van der Waals surface area contributed by atoms with Gasteiger partial charge in [-0.1, -0.05) is 0 Å². The summed E-state index contributed by atoms with van der Waals surface area (Å²) in [5.41, 5.74) is 0. The van der Waals surface area contributed by atoms with E-state index in [0.29, 0.717) is 6.42 Å². The van der Waals surface area contributed by atoms with Crippen molar-refractivity contribution < 1.29 is 4.79 Å². The maximum absolute atomic E-state index is 10.1. The second-order valence-electron chi connectivity index (χ2n) is 1.30. The first-order chi connectivity index (χ1) is 2.89. The van der Waals surface area contributed by atoms with Gasteiger partial charge in [0, 0.05) is 13.0 Å². The van der Waals surface area contributed by atoms with Gasteiger partial charge in [0.05, 0.1) is 0 Å². The molecule has 0 atom stereocenters. The zero-order chi connectivity index (χ0) is 4.41. The molecule has 0 spiro atoms. The zero-order valence-electron chi connectivity index (χ0n) is 3.40. The SMILES string of the molecule is O=C1C[CH]CN1. The summed E-state index contributed by atoms with van der Waals surface area (Å²) in [6.45, 7) is 0.763. The van der Waals surface area contributed by atoms with Crippen molar-refractivity contribution >= 4 is 5.91 Å². The smallest absolute Gasteiger partial charge is 0.220 e. The average Bonchev–Trinajstić information content (AvgIpc) is 1.86. The number of hydrogen-bond donors (Lipinski definition) is 1. The summed E-state index contributed by atoms with van der Waals surface area (Å²) in [7, 11) is 0. The number of nitrogens with one attached hydrogen (secondary N) is 1. The first-order valence-electron chi connectivity index (χ1n) is 1.98. The van der Waals surface area contributed by atoms with Crippen molar-refractivity contribution in [1.82, 2.24) is 5.32 Å². The third-order valence-corrected chi connectivity index (χ3v) is 0.773. The summed E-state index contributed by atoms with van der Waals surface area (Å²) in [4.78, 5) is 10.1. The van der Waals surface area contributed by atoms with E-state index in [1.807, 2.05) is 6.42 Å². The normalized spacial score (nSPS) is 21.0. The molecule has 1 aliphatic rings. The van der Waals surface area contributed by atoms with Gasteiger partial charge in [-0.15, -0.1) is 0 Å². The highest BCUT2D eigenvalue weighted by atomic mass is 16.1. The number of hydrogen-bond acceptors (Lipinski definition) is 1. The molecule has 33 valence electrons. The summed E-state index contributed by atoms with van der Waals surface area (Å²) >= 11 is 0. The Kier molecular flexibility index (Phi) is 0.783. The van der Waals surface area contributed by atoms with Gasteiger partial charge in [-0.05, 0) is 6.42 Å². The first-order valence-corrected chi connectivity index (χ1v) is 1.98. The predicted molar refractivity (Wildman–Crippen MR) is 21.9 cm³/mol. The van der Waals surface area contributed by atoms with Crippen molar-refractivity contribution in [1.29, 1.82) is 0 Å². The van der Waals surface area contributed by atoms with Gasteiger partial charge in [-0.25, -0.2) is 0 Å². The Hall–Kier alpha value is -0.530. The van der Waals surface area contributed by atoms with Crippen LogP contribution in [0.3, 0.4) is 0 Å². The standard InChI is InChI=1S/C4H6NO/c6-4-2-1-3-5-4/h1H,2-3H2,(H,5,6). The van der Waals surface area contributed by atoms with Crippen LogP contribution in [0.15, 0.2) is 0 Å². The minimum atomic E-state index is 0.148. The van der Waals surface area contributed by atoms with Crippen LogP contribution in [0.25, 0.3) is 0 Å². The van der Waals surface area contributed by atoms with Gasteiger partial charge in [0.2, 0.25) is 5.91 Å². The first kappa shape index (κ1) is 3.65. The van der Waals surface area contributed by atoms with E-state index in [0.717, 1.165) is 6.54 Å². The minimum Gasteiger partial charge on any atom is -0.356 e. The van der Waals surface area contributed by atoms with Crippen LogP contribution in [0.4, 0.5) is 0 Å². The lowest BCUT2D eigenvalue weighted by atomic mass is 10.4.